The smallest absolute Gasteiger partial charge is 0.409 e. The van der Waals surface area contributed by atoms with Gasteiger partial charge in [-0.15, -0.1) is 0 Å². The zero-order valence-corrected chi connectivity index (χ0v) is 19.6. The van der Waals surface area contributed by atoms with E-state index in [-0.39, 0.29) is 12.0 Å². The van der Waals surface area contributed by atoms with Crippen LogP contribution in [0.1, 0.15) is 17.4 Å². The van der Waals surface area contributed by atoms with Crippen molar-refractivity contribution in [1.82, 2.24) is 19.6 Å². The molecule has 0 unspecified atom stereocenters. The number of amides is 2. The average molecular weight is 465 g/mol. The third-order valence-electron chi connectivity index (χ3n) is 5.72. The molecular weight excluding hydrogens is 436 g/mol. The van der Waals surface area contributed by atoms with Crippen LogP contribution in [0.4, 0.5) is 4.79 Å². The van der Waals surface area contributed by atoms with Crippen molar-refractivity contribution < 1.29 is 23.8 Å². The number of hydrogen-bond donors (Lipinski definition) is 0. The van der Waals surface area contributed by atoms with Crippen molar-refractivity contribution in [2.24, 2.45) is 0 Å². The average Bonchev–Trinajstić information content (AvgIpc) is 3.34. The van der Waals surface area contributed by atoms with Gasteiger partial charge in [-0.1, -0.05) is 24.3 Å². The molecule has 0 aliphatic carbocycles. The summed E-state index contributed by atoms with van der Waals surface area (Å²) in [6.45, 7) is 3.73. The first-order valence-electron chi connectivity index (χ1n) is 11.1. The van der Waals surface area contributed by atoms with Crippen molar-refractivity contribution in [2.75, 3.05) is 47.0 Å². The summed E-state index contributed by atoms with van der Waals surface area (Å²) in [6.07, 6.45) is 1.49. The first-order valence-corrected chi connectivity index (χ1v) is 11.1. The van der Waals surface area contributed by atoms with Crippen molar-refractivity contribution >= 4 is 12.0 Å². The summed E-state index contributed by atoms with van der Waals surface area (Å²) in [6, 6.07) is 15.1. The second-order valence-corrected chi connectivity index (χ2v) is 7.72. The standard InChI is InChI=1S/C25H28N4O5/c1-4-34-25(31)28-14-12-27(13-15-28)24(30)23-20(17-29(26-23)19-8-6-5-7-9-19)18-10-11-21(32-2)22(16-18)33-3/h5-11,16-17H,4,12-15H2,1-3H3. The maximum Gasteiger partial charge on any atom is 0.409 e. The zero-order valence-electron chi connectivity index (χ0n) is 19.6. The molecule has 1 aliphatic heterocycles. The molecule has 0 radical (unpaired) electrons. The molecule has 0 N–H and O–H groups in total. The van der Waals surface area contributed by atoms with Gasteiger partial charge in [-0.2, -0.15) is 5.10 Å². The van der Waals surface area contributed by atoms with Gasteiger partial charge in [0.15, 0.2) is 17.2 Å². The summed E-state index contributed by atoms with van der Waals surface area (Å²) in [5.41, 5.74) is 2.65. The molecule has 4 rings (SSSR count). The highest BCUT2D eigenvalue weighted by atomic mass is 16.6. The molecule has 2 amide bonds. The summed E-state index contributed by atoms with van der Waals surface area (Å²) < 4.78 is 17.6. The van der Waals surface area contributed by atoms with Gasteiger partial charge in [0.2, 0.25) is 0 Å². The van der Waals surface area contributed by atoms with E-state index in [1.165, 1.54) is 0 Å². The van der Waals surface area contributed by atoms with Gasteiger partial charge < -0.3 is 24.0 Å². The van der Waals surface area contributed by atoms with Crippen molar-refractivity contribution in [2.45, 2.75) is 6.92 Å². The third kappa shape index (κ3) is 4.68. The Morgan fingerprint density at radius 2 is 1.59 bits per heavy atom. The van der Waals surface area contributed by atoms with Crippen LogP contribution in [0.25, 0.3) is 16.8 Å². The normalized spacial score (nSPS) is 13.5. The van der Waals surface area contributed by atoms with E-state index in [9.17, 15) is 9.59 Å². The number of piperazine rings is 1. The predicted octanol–water partition coefficient (Wildman–Crippen LogP) is 3.47. The molecule has 0 bridgehead atoms. The van der Waals surface area contributed by atoms with Crippen molar-refractivity contribution in [1.29, 1.82) is 0 Å². The van der Waals surface area contributed by atoms with Gasteiger partial charge >= 0.3 is 6.09 Å². The van der Waals surface area contributed by atoms with Gasteiger partial charge in [-0.25, -0.2) is 9.48 Å². The topological polar surface area (TPSA) is 86.1 Å². The molecule has 178 valence electrons. The van der Waals surface area contributed by atoms with Gasteiger partial charge in [-0.05, 0) is 36.8 Å². The predicted molar refractivity (Wildman–Crippen MR) is 127 cm³/mol. The lowest BCUT2D eigenvalue weighted by Crippen LogP contribution is -2.50. The number of carbonyl (C=O) groups excluding carboxylic acids is 2. The highest BCUT2D eigenvalue weighted by Crippen LogP contribution is 2.34. The molecule has 2 aromatic carbocycles. The number of hydrogen-bond acceptors (Lipinski definition) is 6. The summed E-state index contributed by atoms with van der Waals surface area (Å²) in [7, 11) is 3.15. The number of ether oxygens (including phenoxy) is 3. The number of carbonyl (C=O) groups is 2. The van der Waals surface area contributed by atoms with E-state index in [4.69, 9.17) is 14.2 Å². The fourth-order valence-electron chi connectivity index (χ4n) is 3.92. The van der Waals surface area contributed by atoms with Gasteiger partial charge in [0.1, 0.15) is 0 Å². The van der Waals surface area contributed by atoms with Crippen LogP contribution in [0.2, 0.25) is 0 Å². The van der Waals surface area contributed by atoms with Gasteiger partial charge in [0.25, 0.3) is 5.91 Å². The van der Waals surface area contributed by atoms with Crippen LogP contribution in [0.15, 0.2) is 54.7 Å². The lowest BCUT2D eigenvalue weighted by Gasteiger charge is -2.33. The number of benzene rings is 2. The molecule has 0 atom stereocenters. The molecule has 9 heteroatoms. The Morgan fingerprint density at radius 1 is 0.912 bits per heavy atom. The fraction of sp³-hybridized carbons (Fsp3) is 0.320. The maximum absolute atomic E-state index is 13.6. The highest BCUT2D eigenvalue weighted by Gasteiger charge is 2.29. The second-order valence-electron chi connectivity index (χ2n) is 7.72. The first-order chi connectivity index (χ1) is 16.5. The molecule has 3 aromatic rings. The summed E-state index contributed by atoms with van der Waals surface area (Å²) >= 11 is 0. The Labute approximate surface area is 198 Å². The van der Waals surface area contributed by atoms with Gasteiger partial charge in [0, 0.05) is 37.9 Å². The fourth-order valence-corrected chi connectivity index (χ4v) is 3.92. The van der Waals surface area contributed by atoms with E-state index < -0.39 is 0 Å². The SMILES string of the molecule is CCOC(=O)N1CCN(C(=O)c2nn(-c3ccccc3)cc2-c2ccc(OC)c(OC)c2)CC1. The molecule has 1 saturated heterocycles. The number of methoxy groups -OCH3 is 2. The molecule has 9 nitrogen and oxygen atoms in total. The van der Waals surface area contributed by atoms with E-state index in [2.05, 4.69) is 5.10 Å². The molecule has 2 heterocycles. The quantitative estimate of drug-likeness (QED) is 0.555. The number of para-hydroxylation sites is 1. The minimum Gasteiger partial charge on any atom is -0.493 e. The molecule has 1 aliphatic rings. The molecular formula is C25H28N4O5. The van der Waals surface area contributed by atoms with E-state index in [0.717, 1.165) is 11.3 Å². The van der Waals surface area contributed by atoms with Crippen LogP contribution in [-0.2, 0) is 4.74 Å². The van der Waals surface area contributed by atoms with Crippen LogP contribution in [0.5, 0.6) is 11.5 Å². The van der Waals surface area contributed by atoms with E-state index in [0.29, 0.717) is 55.5 Å². The number of aromatic nitrogens is 2. The number of rotatable bonds is 6. The minimum absolute atomic E-state index is 0.192. The highest BCUT2D eigenvalue weighted by molar-refractivity contribution is 5.99. The van der Waals surface area contributed by atoms with Crippen molar-refractivity contribution in [3.8, 4) is 28.3 Å². The van der Waals surface area contributed by atoms with Crippen molar-refractivity contribution in [3.05, 3.63) is 60.4 Å². The Balaban J connectivity index is 1.67. The van der Waals surface area contributed by atoms with Crippen LogP contribution < -0.4 is 9.47 Å². The molecule has 0 saturated carbocycles. The lowest BCUT2D eigenvalue weighted by atomic mass is 10.0. The Kier molecular flexibility index (Phi) is 7.01. The third-order valence-corrected chi connectivity index (χ3v) is 5.72. The molecule has 1 fully saturated rings. The van der Waals surface area contributed by atoms with Gasteiger partial charge in [0.05, 0.1) is 26.5 Å². The first kappa shape index (κ1) is 23.2. The molecule has 34 heavy (non-hydrogen) atoms. The monoisotopic (exact) mass is 464 g/mol. The maximum atomic E-state index is 13.6. The second kappa shape index (κ2) is 10.3. The lowest BCUT2D eigenvalue weighted by molar-refractivity contribution is 0.0566. The summed E-state index contributed by atoms with van der Waals surface area (Å²) in [5.74, 6) is 0.974. The van der Waals surface area contributed by atoms with E-state index >= 15 is 0 Å². The van der Waals surface area contributed by atoms with Crippen LogP contribution in [-0.4, -0.2) is 78.6 Å². The number of nitrogens with zero attached hydrogens (tertiary/aromatic N) is 4. The summed E-state index contributed by atoms with van der Waals surface area (Å²) in [4.78, 5) is 28.9. The molecule has 0 spiro atoms. The van der Waals surface area contributed by atoms with E-state index in [1.807, 2.05) is 48.7 Å². The summed E-state index contributed by atoms with van der Waals surface area (Å²) in [5, 5.41) is 4.66. The van der Waals surface area contributed by atoms with Gasteiger partial charge in [-0.3, -0.25) is 4.79 Å². The largest absolute Gasteiger partial charge is 0.493 e. The molecule has 1 aromatic heterocycles. The Morgan fingerprint density at radius 3 is 2.24 bits per heavy atom. The van der Waals surface area contributed by atoms with Crippen LogP contribution in [0.3, 0.4) is 0 Å². The van der Waals surface area contributed by atoms with Crippen LogP contribution >= 0.6 is 0 Å². The van der Waals surface area contributed by atoms with E-state index in [1.54, 1.807) is 41.7 Å². The van der Waals surface area contributed by atoms with Crippen LogP contribution in [0, 0.1) is 0 Å². The zero-order chi connectivity index (χ0) is 24.1. The minimum atomic E-state index is -0.353. The van der Waals surface area contributed by atoms with Crippen molar-refractivity contribution in [3.63, 3.8) is 0 Å². The Bertz CT molecular complexity index is 1150. The Hall–Kier alpha value is -4.01.